The molecule has 0 radical (unpaired) electrons. The Balaban J connectivity index is 1.50. The second-order valence-electron chi connectivity index (χ2n) is 7.43. The molecular weight excluding hydrogens is 440 g/mol. The normalized spacial score (nSPS) is 20.1. The Hall–Kier alpha value is -3.64. The first-order valence-electron chi connectivity index (χ1n) is 9.55. The van der Waals surface area contributed by atoms with Gasteiger partial charge in [-0.25, -0.2) is 18.4 Å². The van der Waals surface area contributed by atoms with Crippen molar-refractivity contribution in [3.8, 4) is 11.5 Å². The molecule has 0 aliphatic carbocycles. The first-order chi connectivity index (χ1) is 15.1. The topological polar surface area (TPSA) is 157 Å². The third kappa shape index (κ3) is 3.97. The highest BCUT2D eigenvalue weighted by Gasteiger charge is 2.49. The number of ether oxygens (including phenoxy) is 2. The van der Waals surface area contributed by atoms with E-state index < -0.39 is 40.0 Å². The summed E-state index contributed by atoms with van der Waals surface area (Å²) >= 11 is 0. The van der Waals surface area contributed by atoms with Crippen molar-refractivity contribution < 1.29 is 32.3 Å². The minimum atomic E-state index is -3.95. The molecule has 11 nitrogen and oxygen atoms in total. The van der Waals surface area contributed by atoms with Gasteiger partial charge in [0.1, 0.15) is 25.3 Å². The fourth-order valence-electron chi connectivity index (χ4n) is 3.49. The first kappa shape index (κ1) is 21.6. The maximum absolute atomic E-state index is 13.1. The summed E-state index contributed by atoms with van der Waals surface area (Å²) < 4.78 is 34.0. The predicted octanol–water partition coefficient (Wildman–Crippen LogP) is 0.511. The van der Waals surface area contributed by atoms with Crippen molar-refractivity contribution in [2.45, 2.75) is 17.4 Å². The number of rotatable bonds is 5. The third-order valence-electron chi connectivity index (χ3n) is 5.14. The van der Waals surface area contributed by atoms with E-state index in [1.54, 1.807) is 18.2 Å². The molecule has 1 saturated heterocycles. The number of amides is 4. The van der Waals surface area contributed by atoms with Gasteiger partial charge >= 0.3 is 6.03 Å². The maximum atomic E-state index is 13.1. The van der Waals surface area contributed by atoms with Crippen LogP contribution in [0, 0.1) is 0 Å². The number of nitrogens with zero attached hydrogens (tertiary/aromatic N) is 1. The highest BCUT2D eigenvalue weighted by atomic mass is 32.2. The fraction of sp³-hybridized carbons (Fsp3) is 0.250. The van der Waals surface area contributed by atoms with Gasteiger partial charge in [-0.1, -0.05) is 12.1 Å². The van der Waals surface area contributed by atoms with Crippen LogP contribution in [0.2, 0.25) is 0 Å². The largest absolute Gasteiger partial charge is 0.486 e. The van der Waals surface area contributed by atoms with Gasteiger partial charge in [-0.05, 0) is 42.8 Å². The number of sulfonamides is 1. The molecule has 4 amide bonds. The molecule has 0 bridgehead atoms. The van der Waals surface area contributed by atoms with Crippen molar-refractivity contribution in [3.05, 3.63) is 48.0 Å². The Morgan fingerprint density at radius 1 is 1.16 bits per heavy atom. The predicted molar refractivity (Wildman–Crippen MR) is 111 cm³/mol. The van der Waals surface area contributed by atoms with Crippen LogP contribution in [0.4, 0.5) is 10.5 Å². The zero-order valence-corrected chi connectivity index (χ0v) is 17.8. The van der Waals surface area contributed by atoms with Gasteiger partial charge in [-0.3, -0.25) is 14.5 Å². The minimum Gasteiger partial charge on any atom is -0.486 e. The second-order valence-corrected chi connectivity index (χ2v) is 8.99. The van der Waals surface area contributed by atoms with Gasteiger partial charge in [0.25, 0.3) is 5.91 Å². The Morgan fingerprint density at radius 3 is 2.59 bits per heavy atom. The molecule has 0 saturated carbocycles. The van der Waals surface area contributed by atoms with E-state index in [1.165, 1.54) is 31.2 Å². The first-order valence-corrected chi connectivity index (χ1v) is 11.1. The van der Waals surface area contributed by atoms with Gasteiger partial charge in [-0.2, -0.15) is 0 Å². The molecule has 1 fully saturated rings. The lowest BCUT2D eigenvalue weighted by molar-refractivity contribution is -0.133. The van der Waals surface area contributed by atoms with Crippen molar-refractivity contribution in [1.82, 2.24) is 10.2 Å². The molecule has 4 rings (SSSR count). The number of primary sulfonamides is 1. The Morgan fingerprint density at radius 2 is 1.88 bits per heavy atom. The van der Waals surface area contributed by atoms with E-state index in [-0.39, 0.29) is 10.6 Å². The van der Waals surface area contributed by atoms with E-state index in [2.05, 4.69) is 10.6 Å². The van der Waals surface area contributed by atoms with Gasteiger partial charge in [0, 0.05) is 5.69 Å². The minimum absolute atomic E-state index is 0.156. The van der Waals surface area contributed by atoms with Crippen LogP contribution in [0.15, 0.2) is 47.4 Å². The SMILES string of the molecule is C[C@]1(c2ccc3c(c2)OCCO3)NC(=O)N(CC(=O)Nc2cccc(S(N)(=O)=O)c2)C1=O. The number of nitrogens with one attached hydrogen (secondary N) is 2. The molecule has 168 valence electrons. The van der Waals surface area contributed by atoms with E-state index in [0.29, 0.717) is 30.3 Å². The summed E-state index contributed by atoms with van der Waals surface area (Å²) in [6.07, 6.45) is 0. The van der Waals surface area contributed by atoms with Crippen molar-refractivity contribution in [2.24, 2.45) is 5.14 Å². The van der Waals surface area contributed by atoms with Gasteiger partial charge < -0.3 is 20.1 Å². The van der Waals surface area contributed by atoms with Gasteiger partial charge in [-0.15, -0.1) is 0 Å². The van der Waals surface area contributed by atoms with Crippen molar-refractivity contribution >= 4 is 33.6 Å². The number of anilines is 1. The van der Waals surface area contributed by atoms with E-state index in [0.717, 1.165) is 4.90 Å². The molecule has 2 aliphatic rings. The summed E-state index contributed by atoms with van der Waals surface area (Å²) in [7, 11) is -3.95. The molecule has 12 heteroatoms. The fourth-order valence-corrected chi connectivity index (χ4v) is 4.05. The molecule has 32 heavy (non-hydrogen) atoms. The Kier molecular flexibility index (Phi) is 5.26. The zero-order valence-electron chi connectivity index (χ0n) is 17.0. The van der Waals surface area contributed by atoms with Gasteiger partial charge in [0.15, 0.2) is 11.5 Å². The number of hydrogen-bond acceptors (Lipinski definition) is 7. The highest BCUT2D eigenvalue weighted by Crippen LogP contribution is 2.36. The second kappa shape index (κ2) is 7.80. The average molecular weight is 460 g/mol. The van der Waals surface area contributed by atoms with Crippen molar-refractivity contribution in [1.29, 1.82) is 0 Å². The van der Waals surface area contributed by atoms with E-state index in [9.17, 15) is 22.8 Å². The molecule has 4 N–H and O–H groups in total. The van der Waals surface area contributed by atoms with E-state index >= 15 is 0 Å². The average Bonchev–Trinajstić information content (AvgIpc) is 2.97. The number of urea groups is 1. The monoisotopic (exact) mass is 460 g/mol. The summed E-state index contributed by atoms with van der Waals surface area (Å²) in [5, 5.41) is 10.2. The van der Waals surface area contributed by atoms with Crippen LogP contribution in [0.1, 0.15) is 12.5 Å². The van der Waals surface area contributed by atoms with Gasteiger partial charge in [0.2, 0.25) is 15.9 Å². The Bertz CT molecular complexity index is 1230. The number of carbonyl (C=O) groups is 3. The van der Waals surface area contributed by atoms with E-state index in [4.69, 9.17) is 14.6 Å². The molecule has 2 aliphatic heterocycles. The lowest BCUT2D eigenvalue weighted by Gasteiger charge is -2.25. The molecule has 2 aromatic rings. The van der Waals surface area contributed by atoms with Crippen LogP contribution in [-0.2, 0) is 25.2 Å². The van der Waals surface area contributed by atoms with Crippen molar-refractivity contribution in [3.63, 3.8) is 0 Å². The molecule has 0 aromatic heterocycles. The molecule has 1 atom stereocenters. The van der Waals surface area contributed by atoms with Crippen LogP contribution in [-0.4, -0.2) is 50.9 Å². The van der Waals surface area contributed by atoms with Gasteiger partial charge in [0.05, 0.1) is 4.90 Å². The third-order valence-corrected chi connectivity index (χ3v) is 6.05. The summed E-state index contributed by atoms with van der Waals surface area (Å²) in [4.78, 5) is 38.6. The maximum Gasteiger partial charge on any atom is 0.325 e. The zero-order chi connectivity index (χ0) is 23.1. The van der Waals surface area contributed by atoms with Crippen LogP contribution in [0.3, 0.4) is 0 Å². The summed E-state index contributed by atoms with van der Waals surface area (Å²) in [5.41, 5.74) is -0.771. The number of nitrogens with two attached hydrogens (primary N) is 1. The molecular formula is C20H20N4O7S. The highest BCUT2D eigenvalue weighted by molar-refractivity contribution is 7.89. The number of imide groups is 1. The summed E-state index contributed by atoms with van der Waals surface area (Å²) in [6.45, 7) is 1.76. The van der Waals surface area contributed by atoms with E-state index in [1.807, 2.05) is 0 Å². The summed E-state index contributed by atoms with van der Waals surface area (Å²) in [6, 6.07) is 9.51. The quantitative estimate of drug-likeness (QED) is 0.549. The van der Waals surface area contributed by atoms with Crippen molar-refractivity contribution in [2.75, 3.05) is 25.1 Å². The van der Waals surface area contributed by atoms with Crippen LogP contribution >= 0.6 is 0 Å². The molecule has 0 spiro atoms. The summed E-state index contributed by atoms with van der Waals surface area (Å²) in [5.74, 6) is -0.305. The molecule has 2 heterocycles. The molecule has 0 unspecified atom stereocenters. The van der Waals surface area contributed by atoms with Crippen LogP contribution in [0.5, 0.6) is 11.5 Å². The van der Waals surface area contributed by atoms with Crippen LogP contribution < -0.4 is 25.2 Å². The lowest BCUT2D eigenvalue weighted by Crippen LogP contribution is -2.42. The van der Waals surface area contributed by atoms with Crippen LogP contribution in [0.25, 0.3) is 0 Å². The smallest absolute Gasteiger partial charge is 0.325 e. The number of fused-ring (bicyclic) bond motifs is 1. The number of benzene rings is 2. The lowest BCUT2D eigenvalue weighted by atomic mass is 9.91. The number of carbonyl (C=O) groups excluding carboxylic acids is 3. The molecule has 2 aromatic carbocycles. The standard InChI is InChI=1S/C20H20N4O7S/c1-20(12-5-6-15-16(9-12)31-8-7-30-15)18(26)24(19(27)23-20)11-17(25)22-13-3-2-4-14(10-13)32(21,28)29/h2-6,9-10H,7-8,11H2,1H3,(H,22,25)(H,23,27)(H2,21,28,29)/t20-/m1/s1. The Labute approximate surface area is 183 Å². The number of hydrogen-bond donors (Lipinski definition) is 3.